The van der Waals surface area contributed by atoms with E-state index in [2.05, 4.69) is 4.98 Å². The minimum Gasteiger partial charge on any atom is -0.388 e. The van der Waals surface area contributed by atoms with Crippen LogP contribution in [-0.2, 0) is 4.74 Å². The van der Waals surface area contributed by atoms with Gasteiger partial charge in [0.05, 0.1) is 17.8 Å². The second-order valence-corrected chi connectivity index (χ2v) is 6.57. The predicted molar refractivity (Wildman–Crippen MR) is 79.3 cm³/mol. The third-order valence-electron chi connectivity index (χ3n) is 4.83. The highest BCUT2D eigenvalue weighted by Crippen LogP contribution is 2.39. The quantitative estimate of drug-likeness (QED) is 0.793. The summed E-state index contributed by atoms with van der Waals surface area (Å²) in [6, 6.07) is 3.43. The number of rotatable bonds is 1. The summed E-state index contributed by atoms with van der Waals surface area (Å²) in [6.07, 6.45) is 4.12. The van der Waals surface area contributed by atoms with Crippen LogP contribution in [-0.4, -0.2) is 63.0 Å². The number of carbonyl (C=O) groups is 1. The standard InChI is InChI=1S/C16H22N2O4/c1-15(21)11-16(22-10-13(15)19)4-8-18(9-5-16)14(20)12-2-6-17-7-3-12/h2-3,6-7,13,19,21H,4-5,8-11H2,1H3/t13-,15-/m0/s1. The van der Waals surface area contributed by atoms with E-state index in [1.165, 1.54) is 0 Å². The number of nitrogens with zero attached hydrogens (tertiary/aromatic N) is 2. The highest BCUT2D eigenvalue weighted by molar-refractivity contribution is 5.94. The third-order valence-corrected chi connectivity index (χ3v) is 4.83. The Morgan fingerprint density at radius 2 is 2.00 bits per heavy atom. The molecule has 3 heterocycles. The van der Waals surface area contributed by atoms with Gasteiger partial charge in [0.2, 0.25) is 0 Å². The number of aliphatic hydroxyl groups is 2. The molecule has 1 aromatic heterocycles. The number of ether oxygens (including phenoxy) is 1. The molecule has 2 aliphatic heterocycles. The summed E-state index contributed by atoms with van der Waals surface area (Å²) in [6.45, 7) is 2.97. The Morgan fingerprint density at radius 3 is 2.59 bits per heavy atom. The SMILES string of the molecule is C[C@]1(O)CC2(CCN(C(=O)c3ccncc3)CC2)OC[C@@H]1O. The maximum Gasteiger partial charge on any atom is 0.253 e. The topological polar surface area (TPSA) is 82.9 Å². The number of aromatic nitrogens is 1. The molecule has 2 aliphatic rings. The van der Waals surface area contributed by atoms with Gasteiger partial charge in [0.15, 0.2) is 0 Å². The molecule has 6 nitrogen and oxygen atoms in total. The van der Waals surface area contributed by atoms with Crippen LogP contribution in [0.15, 0.2) is 24.5 Å². The highest BCUT2D eigenvalue weighted by Gasteiger charge is 2.48. The van der Waals surface area contributed by atoms with Crippen molar-refractivity contribution >= 4 is 5.91 Å². The number of likely N-dealkylation sites (tertiary alicyclic amines) is 1. The summed E-state index contributed by atoms with van der Waals surface area (Å²) >= 11 is 0. The van der Waals surface area contributed by atoms with Crippen molar-refractivity contribution in [2.24, 2.45) is 0 Å². The van der Waals surface area contributed by atoms with Gasteiger partial charge in [0.25, 0.3) is 5.91 Å². The number of pyridine rings is 1. The number of hydrogen-bond acceptors (Lipinski definition) is 5. The van der Waals surface area contributed by atoms with Gasteiger partial charge in [0.1, 0.15) is 6.10 Å². The van der Waals surface area contributed by atoms with Crippen molar-refractivity contribution in [3.63, 3.8) is 0 Å². The monoisotopic (exact) mass is 306 g/mol. The maximum atomic E-state index is 12.4. The van der Waals surface area contributed by atoms with E-state index < -0.39 is 17.3 Å². The van der Waals surface area contributed by atoms with E-state index in [1.807, 2.05) is 4.90 Å². The lowest BCUT2D eigenvalue weighted by atomic mass is 9.76. The lowest BCUT2D eigenvalue weighted by Gasteiger charge is -2.49. The number of aliphatic hydroxyl groups excluding tert-OH is 1. The van der Waals surface area contributed by atoms with Gasteiger partial charge in [-0.15, -0.1) is 0 Å². The summed E-state index contributed by atoms with van der Waals surface area (Å²) in [7, 11) is 0. The van der Waals surface area contributed by atoms with Gasteiger partial charge < -0.3 is 19.8 Å². The molecule has 120 valence electrons. The Balaban J connectivity index is 1.64. The van der Waals surface area contributed by atoms with E-state index in [0.717, 1.165) is 0 Å². The van der Waals surface area contributed by atoms with E-state index >= 15 is 0 Å². The first-order chi connectivity index (χ1) is 10.4. The van der Waals surface area contributed by atoms with Crippen LogP contribution in [0.3, 0.4) is 0 Å². The molecule has 6 heteroatoms. The summed E-state index contributed by atoms with van der Waals surface area (Å²) in [5.74, 6) is -0.000135. The molecule has 1 spiro atoms. The molecule has 2 fully saturated rings. The van der Waals surface area contributed by atoms with Crippen LogP contribution < -0.4 is 0 Å². The average Bonchev–Trinajstić information content (AvgIpc) is 2.52. The van der Waals surface area contributed by atoms with Crippen LogP contribution in [0.5, 0.6) is 0 Å². The summed E-state index contributed by atoms with van der Waals surface area (Å²) in [4.78, 5) is 18.1. The fourth-order valence-corrected chi connectivity index (χ4v) is 3.37. The zero-order chi connectivity index (χ0) is 15.8. The molecule has 0 unspecified atom stereocenters. The molecule has 22 heavy (non-hydrogen) atoms. The first-order valence-electron chi connectivity index (χ1n) is 7.66. The smallest absolute Gasteiger partial charge is 0.253 e. The van der Waals surface area contributed by atoms with Gasteiger partial charge in [-0.05, 0) is 31.9 Å². The molecule has 2 N–H and O–H groups in total. The minimum absolute atomic E-state index is 0.000135. The fraction of sp³-hybridized carbons (Fsp3) is 0.625. The number of piperidine rings is 1. The van der Waals surface area contributed by atoms with Crippen molar-refractivity contribution in [3.05, 3.63) is 30.1 Å². The molecule has 0 bridgehead atoms. The van der Waals surface area contributed by atoms with E-state index in [1.54, 1.807) is 31.5 Å². The second kappa shape index (κ2) is 5.61. The predicted octanol–water partition coefficient (Wildman–Crippen LogP) is 0.589. The van der Waals surface area contributed by atoms with Crippen LogP contribution in [0.1, 0.15) is 36.5 Å². The zero-order valence-corrected chi connectivity index (χ0v) is 12.7. The Hall–Kier alpha value is -1.50. The summed E-state index contributed by atoms with van der Waals surface area (Å²) < 4.78 is 5.83. The third kappa shape index (κ3) is 2.86. The summed E-state index contributed by atoms with van der Waals surface area (Å²) in [5.41, 5.74) is -0.925. The van der Waals surface area contributed by atoms with Crippen molar-refractivity contribution in [1.29, 1.82) is 0 Å². The van der Waals surface area contributed by atoms with E-state index in [4.69, 9.17) is 4.74 Å². The molecule has 0 saturated carbocycles. The molecule has 0 aromatic carbocycles. The van der Waals surface area contributed by atoms with E-state index in [9.17, 15) is 15.0 Å². The summed E-state index contributed by atoms with van der Waals surface area (Å²) in [5, 5.41) is 20.1. The minimum atomic E-state index is -1.13. The molecule has 0 aliphatic carbocycles. The number of carbonyl (C=O) groups excluding carboxylic acids is 1. The maximum absolute atomic E-state index is 12.4. The van der Waals surface area contributed by atoms with Gasteiger partial charge in [-0.2, -0.15) is 0 Å². The Labute approximate surface area is 129 Å². The largest absolute Gasteiger partial charge is 0.388 e. The lowest BCUT2D eigenvalue weighted by Crippen LogP contribution is -2.59. The van der Waals surface area contributed by atoms with Crippen molar-refractivity contribution in [1.82, 2.24) is 9.88 Å². The number of amides is 1. The Kier molecular flexibility index (Phi) is 3.92. The fourth-order valence-electron chi connectivity index (χ4n) is 3.37. The van der Waals surface area contributed by atoms with Gasteiger partial charge in [0, 0.05) is 37.5 Å². The van der Waals surface area contributed by atoms with Gasteiger partial charge in [-0.3, -0.25) is 9.78 Å². The normalized spacial score (nSPS) is 31.2. The highest BCUT2D eigenvalue weighted by atomic mass is 16.5. The van der Waals surface area contributed by atoms with Gasteiger partial charge in [-0.1, -0.05) is 0 Å². The molecule has 0 radical (unpaired) electrons. The molecule has 3 rings (SSSR count). The first kappa shape index (κ1) is 15.4. The van der Waals surface area contributed by atoms with Crippen LogP contribution >= 0.6 is 0 Å². The van der Waals surface area contributed by atoms with Gasteiger partial charge in [-0.25, -0.2) is 0 Å². The van der Waals surface area contributed by atoms with Crippen LogP contribution in [0.4, 0.5) is 0 Å². The average molecular weight is 306 g/mol. The first-order valence-corrected chi connectivity index (χ1v) is 7.66. The van der Waals surface area contributed by atoms with Crippen LogP contribution in [0.25, 0.3) is 0 Å². The van der Waals surface area contributed by atoms with Crippen molar-refractivity contribution < 1.29 is 19.7 Å². The van der Waals surface area contributed by atoms with Crippen molar-refractivity contribution in [2.45, 2.75) is 43.5 Å². The molecule has 2 atom stereocenters. The zero-order valence-electron chi connectivity index (χ0n) is 12.7. The number of hydrogen-bond donors (Lipinski definition) is 2. The molecular formula is C16H22N2O4. The second-order valence-electron chi connectivity index (χ2n) is 6.57. The molecule has 2 saturated heterocycles. The van der Waals surface area contributed by atoms with Crippen molar-refractivity contribution in [2.75, 3.05) is 19.7 Å². The van der Waals surface area contributed by atoms with E-state index in [-0.39, 0.29) is 12.5 Å². The van der Waals surface area contributed by atoms with Crippen LogP contribution in [0.2, 0.25) is 0 Å². The van der Waals surface area contributed by atoms with Crippen LogP contribution in [0, 0.1) is 0 Å². The Bertz CT molecular complexity index is 538. The van der Waals surface area contributed by atoms with Crippen molar-refractivity contribution in [3.8, 4) is 0 Å². The molecule has 1 amide bonds. The molecule has 1 aromatic rings. The van der Waals surface area contributed by atoms with E-state index in [0.29, 0.717) is 37.9 Å². The lowest BCUT2D eigenvalue weighted by molar-refractivity contribution is -0.221. The Morgan fingerprint density at radius 1 is 1.36 bits per heavy atom. The molecular weight excluding hydrogens is 284 g/mol. The van der Waals surface area contributed by atoms with Gasteiger partial charge >= 0.3 is 0 Å².